The van der Waals surface area contributed by atoms with E-state index in [9.17, 15) is 14.3 Å². The number of aliphatic carboxylic acids is 1. The minimum atomic E-state index is -1.24. The minimum Gasteiger partial charge on any atom is -0.481 e. The molecule has 7 aliphatic rings. The second-order valence-corrected chi connectivity index (χ2v) is 19.9. The fourth-order valence-corrected chi connectivity index (χ4v) is 14.8. The number of carboxylic acids is 1. The van der Waals surface area contributed by atoms with E-state index in [1.165, 1.54) is 107 Å². The number of carbonyl (C=O) groups is 1. The van der Waals surface area contributed by atoms with Gasteiger partial charge in [-0.1, -0.05) is 65.3 Å². The van der Waals surface area contributed by atoms with Crippen LogP contribution in [0.2, 0.25) is 0 Å². The Morgan fingerprint density at radius 1 is 0.918 bits per heavy atom. The van der Waals surface area contributed by atoms with Crippen molar-refractivity contribution >= 4 is 5.97 Å². The SMILES string of the molecule is C=C(C)[C@@H]1CC[C@]2(NCCN3CCCCC3)CC[C@]3(C)[C@H](CC[C@@H]4[C@@]5(C)CC=C(C6=CC[C@@](CF)(C(=O)O)CC6)C(C)(C)[C@@H]5CC[C@]43C)[C@@H]12. The van der Waals surface area contributed by atoms with Gasteiger partial charge in [0, 0.05) is 18.6 Å². The zero-order valence-electron chi connectivity index (χ0n) is 32.1. The van der Waals surface area contributed by atoms with Gasteiger partial charge in [0.15, 0.2) is 0 Å². The van der Waals surface area contributed by atoms with Gasteiger partial charge in [-0.05, 0) is 172 Å². The molecular weight excluding hydrogens is 607 g/mol. The molecule has 0 radical (unpaired) electrons. The predicted octanol–water partition coefficient (Wildman–Crippen LogP) is 10.2. The number of halogens is 1. The summed E-state index contributed by atoms with van der Waals surface area (Å²) in [5.74, 6) is 2.40. The van der Waals surface area contributed by atoms with E-state index in [-0.39, 0.29) is 16.4 Å². The van der Waals surface area contributed by atoms with Crippen molar-refractivity contribution in [1.82, 2.24) is 10.2 Å². The van der Waals surface area contributed by atoms with Gasteiger partial charge in [0.05, 0.1) is 5.41 Å². The number of fused-ring (bicyclic) bond motifs is 7. The number of allylic oxidation sites excluding steroid dienone is 5. The first-order valence-corrected chi connectivity index (χ1v) is 20.5. The molecule has 4 saturated carbocycles. The van der Waals surface area contributed by atoms with Crippen LogP contribution in [0.15, 0.2) is 35.5 Å². The van der Waals surface area contributed by atoms with Gasteiger partial charge >= 0.3 is 5.97 Å². The summed E-state index contributed by atoms with van der Waals surface area (Å²) >= 11 is 0. The standard InChI is InChI=1S/C44H69FN2O2/c1-30(2)32-15-22-44(46-25-28-47-26-9-8-10-27-47)24-23-41(6)34(37(32)44)11-12-36-40(5)18-16-33(39(3,4)35(40)17-19-42(36,41)7)31-13-20-43(29-45,21-14-31)38(48)49/h13,16,32,34-37,46H,1,8-12,14-15,17-29H2,2-7H3,(H,48,49)/t32-,34+,35-,36+,37+,40-,41+,42+,43+,44-/m0/s1. The highest BCUT2D eigenvalue weighted by Crippen LogP contribution is 2.76. The number of nitrogens with one attached hydrogen (secondary N) is 1. The Bertz CT molecular complexity index is 1380. The summed E-state index contributed by atoms with van der Waals surface area (Å²) in [4.78, 5) is 14.7. The van der Waals surface area contributed by atoms with Crippen LogP contribution in [-0.4, -0.2) is 54.4 Å². The molecule has 0 aromatic rings. The molecule has 4 nitrogen and oxygen atoms in total. The zero-order valence-corrected chi connectivity index (χ0v) is 32.1. The highest BCUT2D eigenvalue weighted by atomic mass is 19.1. The molecule has 6 aliphatic carbocycles. The molecule has 0 spiro atoms. The number of likely N-dealkylation sites (tertiary alicyclic amines) is 1. The van der Waals surface area contributed by atoms with Crippen LogP contribution < -0.4 is 5.32 Å². The number of carboxylic acid groups (broad SMARTS) is 1. The van der Waals surface area contributed by atoms with Gasteiger partial charge in [0.25, 0.3) is 0 Å². The van der Waals surface area contributed by atoms with E-state index in [1.807, 2.05) is 0 Å². The lowest BCUT2D eigenvalue weighted by molar-refractivity contribution is -0.221. The topological polar surface area (TPSA) is 52.6 Å². The van der Waals surface area contributed by atoms with Crippen LogP contribution in [0.4, 0.5) is 4.39 Å². The molecule has 1 saturated heterocycles. The number of piperidine rings is 1. The summed E-state index contributed by atoms with van der Waals surface area (Å²) in [7, 11) is 0. The molecule has 1 heterocycles. The van der Waals surface area contributed by atoms with Gasteiger partial charge in [-0.2, -0.15) is 0 Å². The Balaban J connectivity index is 1.15. The molecule has 0 aromatic carbocycles. The van der Waals surface area contributed by atoms with Crippen molar-refractivity contribution in [2.45, 2.75) is 143 Å². The van der Waals surface area contributed by atoms with Crippen molar-refractivity contribution in [3.05, 3.63) is 35.5 Å². The average Bonchev–Trinajstić information content (AvgIpc) is 3.45. The van der Waals surface area contributed by atoms with Gasteiger partial charge in [-0.25, -0.2) is 4.39 Å². The lowest BCUT2D eigenvalue weighted by Gasteiger charge is -2.72. The summed E-state index contributed by atoms with van der Waals surface area (Å²) in [5, 5.41) is 14.1. The fourth-order valence-electron chi connectivity index (χ4n) is 14.8. The van der Waals surface area contributed by atoms with Crippen LogP contribution >= 0.6 is 0 Å². The Hall–Kier alpha value is -1.46. The third kappa shape index (κ3) is 5.34. The number of hydrogen-bond donors (Lipinski definition) is 2. The largest absolute Gasteiger partial charge is 0.481 e. The first-order chi connectivity index (χ1) is 23.2. The summed E-state index contributed by atoms with van der Waals surface area (Å²) in [6.45, 7) is 24.2. The molecular formula is C44H69FN2O2. The quantitative estimate of drug-likeness (QED) is 0.251. The molecule has 2 N–H and O–H groups in total. The Labute approximate surface area is 298 Å². The Morgan fingerprint density at radius 3 is 2.33 bits per heavy atom. The number of hydrogen-bond acceptors (Lipinski definition) is 3. The Morgan fingerprint density at radius 2 is 1.67 bits per heavy atom. The normalized spacial score (nSPS) is 46.4. The smallest absolute Gasteiger partial charge is 0.312 e. The highest BCUT2D eigenvalue weighted by molar-refractivity contribution is 5.75. The number of rotatable bonds is 8. The van der Waals surface area contributed by atoms with E-state index in [0.29, 0.717) is 53.8 Å². The second kappa shape index (κ2) is 12.6. The van der Waals surface area contributed by atoms with Gasteiger partial charge in [-0.15, -0.1) is 0 Å². The van der Waals surface area contributed by atoms with Crippen molar-refractivity contribution in [2.24, 2.45) is 56.7 Å². The maximum Gasteiger partial charge on any atom is 0.312 e. The van der Waals surface area contributed by atoms with Crippen molar-refractivity contribution in [1.29, 1.82) is 0 Å². The highest BCUT2D eigenvalue weighted by Gasteiger charge is 2.70. The maximum atomic E-state index is 14.0. The van der Waals surface area contributed by atoms with Gasteiger partial charge in [0.2, 0.25) is 0 Å². The van der Waals surface area contributed by atoms with Crippen molar-refractivity contribution in [3.63, 3.8) is 0 Å². The first-order valence-electron chi connectivity index (χ1n) is 20.5. The molecule has 10 atom stereocenters. The molecule has 5 fully saturated rings. The van der Waals surface area contributed by atoms with Gasteiger partial charge in [-0.3, -0.25) is 4.79 Å². The van der Waals surface area contributed by atoms with E-state index in [0.717, 1.165) is 18.9 Å². The monoisotopic (exact) mass is 677 g/mol. The number of nitrogens with zero attached hydrogens (tertiary/aromatic N) is 1. The van der Waals surface area contributed by atoms with Crippen LogP contribution in [0, 0.1) is 56.7 Å². The van der Waals surface area contributed by atoms with Crippen molar-refractivity contribution in [3.8, 4) is 0 Å². The summed E-state index contributed by atoms with van der Waals surface area (Å²) < 4.78 is 14.0. The van der Waals surface area contributed by atoms with Crippen LogP contribution in [0.3, 0.4) is 0 Å². The van der Waals surface area contributed by atoms with E-state index in [2.05, 4.69) is 70.5 Å². The summed E-state index contributed by atoms with van der Waals surface area (Å²) in [6, 6.07) is 0. The molecule has 274 valence electrons. The maximum absolute atomic E-state index is 14.0. The van der Waals surface area contributed by atoms with Crippen LogP contribution in [0.25, 0.3) is 0 Å². The van der Waals surface area contributed by atoms with E-state index >= 15 is 0 Å². The molecule has 0 aromatic heterocycles. The van der Waals surface area contributed by atoms with Gasteiger partial charge < -0.3 is 15.3 Å². The third-order valence-corrected chi connectivity index (χ3v) is 17.7. The molecule has 0 amide bonds. The van der Waals surface area contributed by atoms with Crippen LogP contribution in [0.1, 0.15) is 138 Å². The lowest BCUT2D eigenvalue weighted by Crippen LogP contribution is -2.68. The van der Waals surface area contributed by atoms with E-state index in [1.54, 1.807) is 0 Å². The summed E-state index contributed by atoms with van der Waals surface area (Å²) in [5.41, 5.74) is 4.11. The van der Waals surface area contributed by atoms with Crippen molar-refractivity contribution in [2.75, 3.05) is 32.9 Å². The number of alkyl halides is 1. The third-order valence-electron chi connectivity index (χ3n) is 17.7. The molecule has 1 aliphatic heterocycles. The molecule has 49 heavy (non-hydrogen) atoms. The minimum absolute atomic E-state index is 0.0212. The lowest BCUT2D eigenvalue weighted by atomic mass is 9.33. The van der Waals surface area contributed by atoms with Gasteiger partial charge in [0.1, 0.15) is 6.67 Å². The fraction of sp³-hybridized carbons (Fsp3) is 0.841. The van der Waals surface area contributed by atoms with E-state index < -0.39 is 18.1 Å². The molecule has 7 rings (SSSR count). The predicted molar refractivity (Wildman–Crippen MR) is 199 cm³/mol. The molecule has 0 unspecified atom stereocenters. The molecule has 0 bridgehead atoms. The average molecular weight is 677 g/mol. The second-order valence-electron chi connectivity index (χ2n) is 19.9. The first kappa shape index (κ1) is 35.9. The van der Waals surface area contributed by atoms with Crippen LogP contribution in [0.5, 0.6) is 0 Å². The van der Waals surface area contributed by atoms with Crippen LogP contribution in [-0.2, 0) is 4.79 Å². The summed E-state index contributed by atoms with van der Waals surface area (Å²) in [6.07, 6.45) is 21.9. The Kier molecular flexibility index (Phi) is 9.23. The van der Waals surface area contributed by atoms with E-state index in [4.69, 9.17) is 0 Å². The molecule has 5 heteroatoms. The zero-order chi connectivity index (χ0) is 35.0. The van der Waals surface area contributed by atoms with Crippen molar-refractivity contribution < 1.29 is 14.3 Å².